The first kappa shape index (κ1) is 17.2. The van der Waals surface area contributed by atoms with E-state index in [9.17, 15) is 4.79 Å². The van der Waals surface area contributed by atoms with Crippen LogP contribution in [0.2, 0.25) is 0 Å². The highest BCUT2D eigenvalue weighted by Gasteiger charge is 2.43. The standard InChI is InChI=1S/C21H23N5O2/c22-20-23-13-16-6-12-28-21(19(16)24-20)7-10-25(11-8-21)18(27)14-26-9-5-15-3-1-2-4-17(15)26/h1-5,9,13H,6-8,10-12,14H2,(H2,22,23,24). The van der Waals surface area contributed by atoms with Crippen molar-refractivity contribution >= 4 is 22.8 Å². The Kier molecular flexibility index (Phi) is 4.05. The molecule has 5 rings (SSSR count). The zero-order chi connectivity index (χ0) is 19.1. The molecule has 0 bridgehead atoms. The third kappa shape index (κ3) is 2.82. The van der Waals surface area contributed by atoms with Gasteiger partial charge < -0.3 is 19.9 Å². The highest BCUT2D eigenvalue weighted by Crippen LogP contribution is 2.40. The molecule has 0 radical (unpaired) electrons. The number of piperidine rings is 1. The summed E-state index contributed by atoms with van der Waals surface area (Å²) in [5.74, 6) is 0.413. The van der Waals surface area contributed by atoms with Crippen LogP contribution in [0.25, 0.3) is 10.9 Å². The van der Waals surface area contributed by atoms with Crippen molar-refractivity contribution in [3.05, 3.63) is 54.0 Å². The topological polar surface area (TPSA) is 86.3 Å². The van der Waals surface area contributed by atoms with Crippen molar-refractivity contribution in [3.8, 4) is 0 Å². The van der Waals surface area contributed by atoms with Crippen LogP contribution in [0.1, 0.15) is 24.1 Å². The van der Waals surface area contributed by atoms with Crippen molar-refractivity contribution in [1.82, 2.24) is 19.4 Å². The van der Waals surface area contributed by atoms with Crippen molar-refractivity contribution in [2.75, 3.05) is 25.4 Å². The molecule has 0 atom stereocenters. The Morgan fingerprint density at radius 3 is 2.89 bits per heavy atom. The number of nitrogens with two attached hydrogens (primary N) is 1. The molecular weight excluding hydrogens is 354 g/mol. The van der Waals surface area contributed by atoms with Gasteiger partial charge in [0.2, 0.25) is 11.9 Å². The third-order valence-corrected chi connectivity index (χ3v) is 5.97. The van der Waals surface area contributed by atoms with Crippen LogP contribution >= 0.6 is 0 Å². The number of likely N-dealkylation sites (tertiary alicyclic amines) is 1. The van der Waals surface area contributed by atoms with Crippen LogP contribution in [0.3, 0.4) is 0 Å². The van der Waals surface area contributed by atoms with Gasteiger partial charge in [-0.2, -0.15) is 0 Å². The number of nitrogens with zero attached hydrogens (tertiary/aromatic N) is 4. The zero-order valence-electron chi connectivity index (χ0n) is 15.7. The Labute approximate surface area is 163 Å². The number of para-hydroxylation sites is 1. The zero-order valence-corrected chi connectivity index (χ0v) is 15.7. The number of rotatable bonds is 2. The Hall–Kier alpha value is -2.93. The van der Waals surface area contributed by atoms with E-state index >= 15 is 0 Å². The van der Waals surface area contributed by atoms with E-state index in [4.69, 9.17) is 10.5 Å². The summed E-state index contributed by atoms with van der Waals surface area (Å²) in [6.07, 6.45) is 6.06. The SMILES string of the molecule is Nc1ncc2c(n1)C1(CCN(C(=O)Cn3ccc4ccccc43)CC1)OCC2. The summed E-state index contributed by atoms with van der Waals surface area (Å²) in [6.45, 7) is 2.32. The number of benzene rings is 1. The summed E-state index contributed by atoms with van der Waals surface area (Å²) in [5, 5.41) is 1.15. The van der Waals surface area contributed by atoms with Crippen molar-refractivity contribution in [2.24, 2.45) is 0 Å². The Balaban J connectivity index is 1.31. The van der Waals surface area contributed by atoms with Gasteiger partial charge in [-0.05, 0) is 42.3 Å². The average Bonchev–Trinajstić information content (AvgIpc) is 3.12. The minimum Gasteiger partial charge on any atom is -0.368 e. The molecule has 0 unspecified atom stereocenters. The lowest BCUT2D eigenvalue weighted by molar-refractivity contribution is -0.141. The molecule has 0 aliphatic carbocycles. The molecule has 2 N–H and O–H groups in total. The number of anilines is 1. The van der Waals surface area contributed by atoms with Crippen LogP contribution in [0.5, 0.6) is 0 Å². The molecule has 28 heavy (non-hydrogen) atoms. The second-order valence-electron chi connectivity index (χ2n) is 7.58. The van der Waals surface area contributed by atoms with E-state index in [1.807, 2.05) is 46.1 Å². The van der Waals surface area contributed by atoms with E-state index in [-0.39, 0.29) is 11.9 Å². The summed E-state index contributed by atoms with van der Waals surface area (Å²) in [5.41, 5.74) is 8.49. The Morgan fingerprint density at radius 1 is 1.21 bits per heavy atom. The Bertz CT molecular complexity index is 1040. The lowest BCUT2D eigenvalue weighted by atomic mass is 9.83. The largest absolute Gasteiger partial charge is 0.368 e. The van der Waals surface area contributed by atoms with Crippen LogP contribution in [-0.2, 0) is 28.1 Å². The normalized spacial score (nSPS) is 18.4. The van der Waals surface area contributed by atoms with E-state index in [1.165, 1.54) is 0 Å². The first-order valence-corrected chi connectivity index (χ1v) is 9.72. The first-order valence-electron chi connectivity index (χ1n) is 9.72. The van der Waals surface area contributed by atoms with Crippen LogP contribution in [-0.4, -0.2) is 45.0 Å². The minimum atomic E-state index is -0.443. The van der Waals surface area contributed by atoms with Crippen molar-refractivity contribution in [1.29, 1.82) is 0 Å². The number of fused-ring (bicyclic) bond motifs is 3. The van der Waals surface area contributed by atoms with Gasteiger partial charge in [-0.3, -0.25) is 4.79 Å². The molecule has 1 saturated heterocycles. The summed E-state index contributed by atoms with van der Waals surface area (Å²) >= 11 is 0. The highest BCUT2D eigenvalue weighted by atomic mass is 16.5. The second-order valence-corrected chi connectivity index (χ2v) is 7.58. The number of hydrogen-bond donors (Lipinski definition) is 1. The number of ether oxygens (including phenoxy) is 1. The van der Waals surface area contributed by atoms with Crippen LogP contribution < -0.4 is 5.73 Å². The molecule has 1 amide bonds. The lowest BCUT2D eigenvalue weighted by Crippen LogP contribution is -2.49. The fraction of sp³-hybridized carbons (Fsp3) is 0.381. The van der Waals surface area contributed by atoms with Crippen molar-refractivity contribution in [3.63, 3.8) is 0 Å². The maximum atomic E-state index is 12.9. The van der Waals surface area contributed by atoms with Crippen LogP contribution in [0, 0.1) is 0 Å². The number of amides is 1. The number of carbonyl (C=O) groups excluding carboxylic acids is 1. The molecule has 144 valence electrons. The molecule has 0 saturated carbocycles. The summed E-state index contributed by atoms with van der Waals surface area (Å²) in [7, 11) is 0. The van der Waals surface area contributed by atoms with Crippen LogP contribution in [0.4, 0.5) is 5.95 Å². The van der Waals surface area contributed by atoms with Gasteiger partial charge in [-0.15, -0.1) is 0 Å². The molecule has 7 nitrogen and oxygen atoms in total. The molecule has 2 aliphatic heterocycles. The van der Waals surface area contributed by atoms with Crippen molar-refractivity contribution in [2.45, 2.75) is 31.4 Å². The second kappa shape index (κ2) is 6.60. The fourth-order valence-corrected chi connectivity index (χ4v) is 4.45. The Morgan fingerprint density at radius 2 is 2.04 bits per heavy atom. The number of nitrogen functional groups attached to an aromatic ring is 1. The van der Waals surface area contributed by atoms with Gasteiger partial charge in [-0.1, -0.05) is 18.2 Å². The summed E-state index contributed by atoms with van der Waals surface area (Å²) in [6, 6.07) is 10.2. The predicted octanol–water partition coefficient (Wildman–Crippen LogP) is 2.10. The molecule has 1 fully saturated rings. The molecular formula is C21H23N5O2. The third-order valence-electron chi connectivity index (χ3n) is 5.97. The average molecular weight is 377 g/mol. The van der Waals surface area contributed by atoms with Crippen LogP contribution in [0.15, 0.2) is 42.7 Å². The first-order chi connectivity index (χ1) is 13.6. The maximum Gasteiger partial charge on any atom is 0.242 e. The molecule has 1 spiro atoms. The fourth-order valence-electron chi connectivity index (χ4n) is 4.45. The lowest BCUT2D eigenvalue weighted by Gasteiger charge is -2.44. The predicted molar refractivity (Wildman–Crippen MR) is 106 cm³/mol. The molecule has 2 aromatic heterocycles. The van der Waals surface area contributed by atoms with Gasteiger partial charge in [0.15, 0.2) is 0 Å². The van der Waals surface area contributed by atoms with E-state index in [0.717, 1.165) is 41.4 Å². The monoisotopic (exact) mass is 377 g/mol. The summed E-state index contributed by atoms with van der Waals surface area (Å²) < 4.78 is 8.21. The molecule has 3 aromatic rings. The van der Waals surface area contributed by atoms with Gasteiger partial charge in [0.05, 0.1) is 12.3 Å². The van der Waals surface area contributed by atoms with Gasteiger partial charge in [0, 0.05) is 31.0 Å². The minimum absolute atomic E-state index is 0.134. The molecule has 2 aliphatic rings. The smallest absolute Gasteiger partial charge is 0.242 e. The number of aromatic nitrogens is 3. The van der Waals surface area contributed by atoms with E-state index < -0.39 is 5.60 Å². The van der Waals surface area contributed by atoms with Crippen molar-refractivity contribution < 1.29 is 9.53 Å². The molecule has 7 heteroatoms. The number of hydrogen-bond acceptors (Lipinski definition) is 5. The molecule has 1 aromatic carbocycles. The van der Waals surface area contributed by atoms with E-state index in [0.29, 0.717) is 26.2 Å². The number of carbonyl (C=O) groups is 1. The van der Waals surface area contributed by atoms with E-state index in [1.54, 1.807) is 0 Å². The summed E-state index contributed by atoms with van der Waals surface area (Å²) in [4.78, 5) is 23.4. The molecule has 4 heterocycles. The van der Waals surface area contributed by atoms with Gasteiger partial charge in [0.25, 0.3) is 0 Å². The van der Waals surface area contributed by atoms with E-state index in [2.05, 4.69) is 16.0 Å². The quantitative estimate of drug-likeness (QED) is 0.739. The highest BCUT2D eigenvalue weighted by molar-refractivity contribution is 5.83. The van der Waals surface area contributed by atoms with Gasteiger partial charge in [0.1, 0.15) is 12.1 Å². The van der Waals surface area contributed by atoms with Gasteiger partial charge >= 0.3 is 0 Å². The maximum absolute atomic E-state index is 12.9. The van der Waals surface area contributed by atoms with Gasteiger partial charge in [-0.25, -0.2) is 9.97 Å².